The van der Waals surface area contributed by atoms with E-state index in [1.165, 1.54) is 5.56 Å². The molecule has 0 unspecified atom stereocenters. The Kier molecular flexibility index (Phi) is 9.54. The molecule has 1 aliphatic heterocycles. The molecule has 2 aromatic rings. The van der Waals surface area contributed by atoms with Gasteiger partial charge in [0.1, 0.15) is 5.01 Å². The molecule has 0 saturated carbocycles. The van der Waals surface area contributed by atoms with Crippen LogP contribution in [0.25, 0.3) is 0 Å². The third-order valence-corrected chi connectivity index (χ3v) is 5.15. The van der Waals surface area contributed by atoms with Gasteiger partial charge >= 0.3 is 0 Å². The number of aryl methyl sites for hydroxylation is 1. The fraction of sp³-hybridized carbons (Fsp3) is 0.444. The first kappa shape index (κ1) is 22.9. The van der Waals surface area contributed by atoms with Crippen molar-refractivity contribution in [2.75, 3.05) is 25.0 Å². The standard InChI is InChI=1S/C18H24N4OS.2ClH/c1-13-3-5-15(6-4-13)20-17(23)9-18-21-16(12-24-18)11-22-8-7-19-10-14(22)2;;/h3-6,12,14,19H,7-11H2,1-2H3,(H,20,23);2*1H/t14-;;/m1../s1. The maximum Gasteiger partial charge on any atom is 0.231 e. The summed E-state index contributed by atoms with van der Waals surface area (Å²) in [6.07, 6.45) is 0.329. The minimum atomic E-state index is -0.0182. The number of thiazole rings is 1. The number of hydrogen-bond acceptors (Lipinski definition) is 5. The summed E-state index contributed by atoms with van der Waals surface area (Å²) in [4.78, 5) is 19.2. The van der Waals surface area contributed by atoms with Crippen LogP contribution in [0.1, 0.15) is 23.2 Å². The summed E-state index contributed by atoms with van der Waals surface area (Å²) in [6, 6.07) is 8.35. The predicted molar refractivity (Wildman–Crippen MR) is 113 cm³/mol. The van der Waals surface area contributed by atoms with Crippen LogP contribution in [0.4, 0.5) is 5.69 Å². The number of anilines is 1. The summed E-state index contributed by atoms with van der Waals surface area (Å²) in [5, 5.41) is 9.27. The lowest BCUT2D eigenvalue weighted by Gasteiger charge is -2.33. The van der Waals surface area contributed by atoms with Crippen LogP contribution in [0.3, 0.4) is 0 Å². The van der Waals surface area contributed by atoms with E-state index in [1.54, 1.807) is 11.3 Å². The molecule has 0 spiro atoms. The zero-order valence-corrected chi connectivity index (χ0v) is 17.5. The highest BCUT2D eigenvalue weighted by Gasteiger charge is 2.19. The van der Waals surface area contributed by atoms with E-state index in [4.69, 9.17) is 0 Å². The number of amides is 1. The smallest absolute Gasteiger partial charge is 0.231 e. The van der Waals surface area contributed by atoms with E-state index < -0.39 is 0 Å². The van der Waals surface area contributed by atoms with Gasteiger partial charge in [0.05, 0.1) is 12.1 Å². The first-order valence-corrected chi connectivity index (χ1v) is 9.22. The zero-order valence-electron chi connectivity index (χ0n) is 15.0. The van der Waals surface area contributed by atoms with Gasteiger partial charge < -0.3 is 10.6 Å². The minimum Gasteiger partial charge on any atom is -0.326 e. The second kappa shape index (κ2) is 10.8. The van der Waals surface area contributed by atoms with Gasteiger partial charge in [-0.15, -0.1) is 36.2 Å². The molecule has 0 radical (unpaired) electrons. The van der Waals surface area contributed by atoms with E-state index in [2.05, 4.69) is 32.8 Å². The second-order valence-corrected chi connectivity index (χ2v) is 7.29. The van der Waals surface area contributed by atoms with Gasteiger partial charge in [-0.2, -0.15) is 0 Å². The Morgan fingerprint density at radius 3 is 2.77 bits per heavy atom. The van der Waals surface area contributed by atoms with Crippen LogP contribution in [-0.2, 0) is 17.8 Å². The number of nitrogens with zero attached hydrogens (tertiary/aromatic N) is 2. The van der Waals surface area contributed by atoms with E-state index in [0.717, 1.165) is 42.6 Å². The Labute approximate surface area is 171 Å². The van der Waals surface area contributed by atoms with Crippen molar-refractivity contribution in [3.63, 3.8) is 0 Å². The summed E-state index contributed by atoms with van der Waals surface area (Å²) in [7, 11) is 0. The molecule has 5 nitrogen and oxygen atoms in total. The van der Waals surface area contributed by atoms with E-state index in [0.29, 0.717) is 12.5 Å². The molecule has 0 aliphatic carbocycles. The maximum absolute atomic E-state index is 12.2. The lowest BCUT2D eigenvalue weighted by molar-refractivity contribution is -0.115. The topological polar surface area (TPSA) is 57.3 Å². The van der Waals surface area contributed by atoms with Crippen LogP contribution in [0.15, 0.2) is 29.6 Å². The van der Waals surface area contributed by atoms with Gasteiger partial charge in [-0.05, 0) is 26.0 Å². The van der Waals surface area contributed by atoms with Crippen LogP contribution in [0.2, 0.25) is 0 Å². The van der Waals surface area contributed by atoms with Crippen molar-refractivity contribution in [1.29, 1.82) is 0 Å². The van der Waals surface area contributed by atoms with E-state index in [1.807, 2.05) is 31.2 Å². The zero-order chi connectivity index (χ0) is 16.9. The van der Waals surface area contributed by atoms with Gasteiger partial charge in [-0.3, -0.25) is 9.69 Å². The average Bonchev–Trinajstić information content (AvgIpc) is 2.99. The molecule has 0 bridgehead atoms. The number of carbonyl (C=O) groups is 1. The summed E-state index contributed by atoms with van der Waals surface area (Å²) in [5.74, 6) is -0.0182. The van der Waals surface area contributed by atoms with Crippen LogP contribution < -0.4 is 10.6 Å². The Hall–Kier alpha value is -1.18. The maximum atomic E-state index is 12.2. The van der Waals surface area contributed by atoms with Crippen molar-refractivity contribution in [2.24, 2.45) is 0 Å². The fourth-order valence-corrected chi connectivity index (χ4v) is 3.59. The molecule has 1 aromatic carbocycles. The summed E-state index contributed by atoms with van der Waals surface area (Å²) in [6.45, 7) is 8.22. The Morgan fingerprint density at radius 2 is 2.08 bits per heavy atom. The summed E-state index contributed by atoms with van der Waals surface area (Å²) >= 11 is 1.57. The molecule has 1 saturated heterocycles. The third-order valence-electron chi connectivity index (χ3n) is 4.25. The van der Waals surface area contributed by atoms with E-state index >= 15 is 0 Å². The van der Waals surface area contributed by atoms with Gasteiger partial charge in [-0.1, -0.05) is 17.7 Å². The van der Waals surface area contributed by atoms with Crippen molar-refractivity contribution < 1.29 is 4.79 Å². The molecule has 3 rings (SSSR count). The minimum absolute atomic E-state index is 0. The van der Waals surface area contributed by atoms with Crippen molar-refractivity contribution in [3.05, 3.63) is 45.9 Å². The number of piperazine rings is 1. The molecule has 144 valence electrons. The number of aromatic nitrogens is 1. The number of halogens is 2. The predicted octanol–water partition coefficient (Wildman–Crippen LogP) is 3.27. The van der Waals surface area contributed by atoms with Crippen LogP contribution in [0, 0.1) is 6.92 Å². The van der Waals surface area contributed by atoms with Crippen LogP contribution >= 0.6 is 36.2 Å². The molecule has 2 N–H and O–H groups in total. The lowest BCUT2D eigenvalue weighted by atomic mass is 10.2. The molecule has 26 heavy (non-hydrogen) atoms. The summed E-state index contributed by atoms with van der Waals surface area (Å²) in [5.41, 5.74) is 3.07. The van der Waals surface area contributed by atoms with Gasteiger partial charge in [0.25, 0.3) is 0 Å². The SMILES string of the molecule is Cc1ccc(NC(=O)Cc2nc(CN3CCNC[C@H]3C)cs2)cc1.Cl.Cl. The normalized spacial score (nSPS) is 17.1. The summed E-state index contributed by atoms with van der Waals surface area (Å²) < 4.78 is 0. The molecule has 1 fully saturated rings. The van der Waals surface area contributed by atoms with E-state index in [9.17, 15) is 4.79 Å². The molecular weight excluding hydrogens is 391 g/mol. The van der Waals surface area contributed by atoms with Crippen molar-refractivity contribution in [1.82, 2.24) is 15.2 Å². The van der Waals surface area contributed by atoms with Gasteiger partial charge in [0.2, 0.25) is 5.91 Å². The van der Waals surface area contributed by atoms with Crippen molar-refractivity contribution in [2.45, 2.75) is 32.9 Å². The molecule has 1 atom stereocenters. The quantitative estimate of drug-likeness (QED) is 0.784. The molecular formula is C18H26Cl2N4OS. The highest BCUT2D eigenvalue weighted by atomic mass is 35.5. The molecule has 1 aliphatic rings. The third kappa shape index (κ3) is 6.52. The number of benzene rings is 1. The number of carbonyl (C=O) groups excluding carboxylic acids is 1. The van der Waals surface area contributed by atoms with Crippen LogP contribution in [0.5, 0.6) is 0 Å². The highest BCUT2D eigenvalue weighted by Crippen LogP contribution is 2.16. The Balaban J connectivity index is 0.00000169. The fourth-order valence-electron chi connectivity index (χ4n) is 2.81. The Bertz CT molecular complexity index is 693. The molecule has 1 aromatic heterocycles. The number of rotatable bonds is 5. The van der Waals surface area contributed by atoms with Crippen LogP contribution in [-0.4, -0.2) is 41.5 Å². The molecule has 1 amide bonds. The van der Waals surface area contributed by atoms with Gasteiger partial charge in [0, 0.05) is 43.3 Å². The second-order valence-electron chi connectivity index (χ2n) is 6.35. The molecule has 8 heteroatoms. The number of hydrogen-bond donors (Lipinski definition) is 2. The monoisotopic (exact) mass is 416 g/mol. The highest BCUT2D eigenvalue weighted by molar-refractivity contribution is 7.09. The lowest BCUT2D eigenvalue weighted by Crippen LogP contribution is -2.49. The van der Waals surface area contributed by atoms with Crippen molar-refractivity contribution >= 4 is 47.7 Å². The van der Waals surface area contributed by atoms with Crippen molar-refractivity contribution in [3.8, 4) is 0 Å². The largest absolute Gasteiger partial charge is 0.326 e. The van der Waals surface area contributed by atoms with Gasteiger partial charge in [0.15, 0.2) is 0 Å². The average molecular weight is 417 g/mol. The number of nitrogens with one attached hydrogen (secondary N) is 2. The Morgan fingerprint density at radius 1 is 1.35 bits per heavy atom. The van der Waals surface area contributed by atoms with Gasteiger partial charge in [-0.25, -0.2) is 4.98 Å². The first-order valence-electron chi connectivity index (χ1n) is 8.35. The molecule has 2 heterocycles. The first-order chi connectivity index (χ1) is 11.6. The van der Waals surface area contributed by atoms with E-state index in [-0.39, 0.29) is 30.7 Å².